The van der Waals surface area contributed by atoms with E-state index in [0.717, 1.165) is 16.0 Å². The summed E-state index contributed by atoms with van der Waals surface area (Å²) in [6, 6.07) is 42.1. The van der Waals surface area contributed by atoms with Gasteiger partial charge in [-0.15, -0.1) is 11.3 Å². The van der Waals surface area contributed by atoms with Gasteiger partial charge in [-0.1, -0.05) is 130 Å². The second-order valence-electron chi connectivity index (χ2n) is 12.0. The fourth-order valence-electron chi connectivity index (χ4n) is 6.85. The van der Waals surface area contributed by atoms with Crippen molar-refractivity contribution < 1.29 is 0 Å². The van der Waals surface area contributed by atoms with Crippen LogP contribution in [0.25, 0.3) is 71.4 Å². The third-order valence-electron chi connectivity index (χ3n) is 9.12. The number of thiophene rings is 1. The molecule has 0 N–H and O–H groups in total. The van der Waals surface area contributed by atoms with Gasteiger partial charge in [0.25, 0.3) is 0 Å². The van der Waals surface area contributed by atoms with Crippen LogP contribution in [0.2, 0.25) is 0 Å². The Kier molecular flexibility index (Phi) is 5.45. The maximum Gasteiger partial charge on any atom is 0.0434 e. The number of rotatable bonds is 3. The highest BCUT2D eigenvalue weighted by Crippen LogP contribution is 2.49. The van der Waals surface area contributed by atoms with Crippen LogP contribution in [-0.4, -0.2) is 0 Å². The first kappa shape index (κ1) is 25.0. The van der Waals surface area contributed by atoms with Gasteiger partial charge < -0.3 is 0 Å². The molecule has 200 valence electrons. The summed E-state index contributed by atoms with van der Waals surface area (Å²) in [5, 5.41) is 7.30. The summed E-state index contributed by atoms with van der Waals surface area (Å²) in [7, 11) is 0. The third kappa shape index (κ3) is 3.67. The van der Waals surface area contributed by atoms with Gasteiger partial charge in [0.05, 0.1) is 0 Å². The van der Waals surface area contributed by atoms with Crippen molar-refractivity contribution in [2.24, 2.45) is 0 Å². The van der Waals surface area contributed by atoms with E-state index in [1.165, 1.54) is 69.9 Å². The van der Waals surface area contributed by atoms with Crippen molar-refractivity contribution in [1.82, 2.24) is 0 Å². The molecule has 0 radical (unpaired) electrons. The lowest BCUT2D eigenvalue weighted by atomic mass is 9.81. The molecule has 0 saturated heterocycles. The van der Waals surface area contributed by atoms with Crippen LogP contribution in [-0.2, 0) is 5.41 Å². The summed E-state index contributed by atoms with van der Waals surface area (Å²) in [4.78, 5) is 0. The molecule has 6 aromatic carbocycles. The van der Waals surface area contributed by atoms with Crippen molar-refractivity contribution in [3.05, 3.63) is 149 Å². The standard InChI is InChI=1S/C41H30S/c1-25-22-29(30-19-20-34-33-12-7-8-15-37(33)41(3,4)38(34)24-30)17-16-28(25)23-26(2)31-13-9-14-35-36-21-18-27-10-5-6-11-32(27)40(36)42-39(31)35/h5-24H,1-2H2,3-4H3/b28-23-. The molecule has 0 saturated carbocycles. The molecular weight excluding hydrogens is 525 g/mol. The van der Waals surface area contributed by atoms with Gasteiger partial charge in [-0.25, -0.2) is 0 Å². The molecule has 1 aliphatic carbocycles. The van der Waals surface area contributed by atoms with Crippen LogP contribution < -0.4 is 10.4 Å². The van der Waals surface area contributed by atoms with E-state index in [1.54, 1.807) is 0 Å². The highest BCUT2D eigenvalue weighted by Gasteiger charge is 2.35. The zero-order chi connectivity index (χ0) is 28.6. The van der Waals surface area contributed by atoms with Gasteiger partial charge in [0, 0.05) is 25.6 Å². The maximum atomic E-state index is 4.52. The normalized spacial score (nSPS) is 14.0. The SMILES string of the molecule is C=C(/C=c1/ccc(-c2ccc3c(c2)C(C)(C)c2ccccc2-3)cc1=C)c1cccc2c1sc1c3ccccc3ccc21. The summed E-state index contributed by atoms with van der Waals surface area (Å²) in [6.07, 6.45) is 2.19. The summed E-state index contributed by atoms with van der Waals surface area (Å²) >= 11 is 1.87. The highest BCUT2D eigenvalue weighted by molar-refractivity contribution is 7.27. The molecule has 7 aromatic rings. The first-order chi connectivity index (χ1) is 20.4. The molecule has 1 aromatic heterocycles. The smallest absolute Gasteiger partial charge is 0.0434 e. The van der Waals surface area contributed by atoms with E-state index in [1.807, 2.05) is 11.3 Å². The van der Waals surface area contributed by atoms with Gasteiger partial charge in [0.1, 0.15) is 0 Å². The third-order valence-corrected chi connectivity index (χ3v) is 10.4. The molecule has 0 spiro atoms. The molecule has 0 unspecified atom stereocenters. The zero-order valence-electron chi connectivity index (χ0n) is 23.9. The largest absolute Gasteiger partial charge is 0.134 e. The van der Waals surface area contributed by atoms with E-state index >= 15 is 0 Å². The first-order valence-corrected chi connectivity index (χ1v) is 15.3. The molecule has 0 bridgehead atoms. The van der Waals surface area contributed by atoms with Crippen molar-refractivity contribution >= 4 is 60.5 Å². The lowest BCUT2D eigenvalue weighted by molar-refractivity contribution is 0.660. The minimum Gasteiger partial charge on any atom is -0.134 e. The van der Waals surface area contributed by atoms with E-state index in [0.29, 0.717) is 0 Å². The Balaban J connectivity index is 1.18. The van der Waals surface area contributed by atoms with Crippen LogP contribution in [0.4, 0.5) is 0 Å². The fourth-order valence-corrected chi connectivity index (χ4v) is 8.24. The van der Waals surface area contributed by atoms with E-state index in [-0.39, 0.29) is 5.41 Å². The quantitative estimate of drug-likeness (QED) is 0.204. The predicted molar refractivity (Wildman–Crippen MR) is 185 cm³/mol. The van der Waals surface area contributed by atoms with E-state index in [4.69, 9.17) is 0 Å². The average Bonchev–Trinajstić information content (AvgIpc) is 3.51. The van der Waals surface area contributed by atoms with Gasteiger partial charge in [0.15, 0.2) is 0 Å². The van der Waals surface area contributed by atoms with Crippen molar-refractivity contribution in [2.75, 3.05) is 0 Å². The fraction of sp³-hybridized carbons (Fsp3) is 0.0732. The number of hydrogen-bond acceptors (Lipinski definition) is 1. The Hall–Kier alpha value is -4.72. The van der Waals surface area contributed by atoms with Crippen LogP contribution in [0.5, 0.6) is 0 Å². The van der Waals surface area contributed by atoms with Gasteiger partial charge in [-0.3, -0.25) is 0 Å². The molecule has 0 atom stereocenters. The van der Waals surface area contributed by atoms with Crippen molar-refractivity contribution in [2.45, 2.75) is 19.3 Å². The van der Waals surface area contributed by atoms with Crippen molar-refractivity contribution in [1.29, 1.82) is 0 Å². The molecule has 42 heavy (non-hydrogen) atoms. The van der Waals surface area contributed by atoms with Crippen LogP contribution >= 0.6 is 11.3 Å². The Morgan fingerprint density at radius 1 is 0.643 bits per heavy atom. The second kappa shape index (κ2) is 9.14. The molecule has 1 heteroatoms. The summed E-state index contributed by atoms with van der Waals surface area (Å²) in [5.41, 5.74) is 10.1. The average molecular weight is 555 g/mol. The maximum absolute atomic E-state index is 4.52. The molecule has 1 aliphatic rings. The van der Waals surface area contributed by atoms with Gasteiger partial charge in [0.2, 0.25) is 0 Å². The molecule has 0 aliphatic heterocycles. The Morgan fingerprint density at radius 3 is 2.24 bits per heavy atom. The van der Waals surface area contributed by atoms with E-state index in [9.17, 15) is 0 Å². The Labute approximate surface area is 250 Å². The van der Waals surface area contributed by atoms with Crippen molar-refractivity contribution in [3.8, 4) is 22.3 Å². The van der Waals surface area contributed by atoms with Crippen LogP contribution in [0.3, 0.4) is 0 Å². The second-order valence-corrected chi connectivity index (χ2v) is 13.0. The van der Waals surface area contributed by atoms with Gasteiger partial charge in [-0.05, 0) is 83.9 Å². The molecule has 0 nitrogen and oxygen atoms in total. The van der Waals surface area contributed by atoms with Gasteiger partial charge >= 0.3 is 0 Å². The zero-order valence-corrected chi connectivity index (χ0v) is 24.7. The predicted octanol–water partition coefficient (Wildman–Crippen LogP) is 10.1. The monoisotopic (exact) mass is 554 g/mol. The minimum atomic E-state index is -0.0133. The molecule has 8 rings (SSSR count). The van der Waals surface area contributed by atoms with Crippen LogP contribution in [0.1, 0.15) is 30.5 Å². The molecule has 0 fully saturated rings. The first-order valence-electron chi connectivity index (χ1n) is 14.5. The topological polar surface area (TPSA) is 0 Å². The summed E-state index contributed by atoms with van der Waals surface area (Å²) in [6.45, 7) is 13.6. The van der Waals surface area contributed by atoms with Gasteiger partial charge in [-0.2, -0.15) is 0 Å². The highest BCUT2D eigenvalue weighted by atomic mass is 32.1. The van der Waals surface area contributed by atoms with E-state index in [2.05, 4.69) is 148 Å². The number of hydrogen-bond donors (Lipinski definition) is 0. The lowest BCUT2D eigenvalue weighted by Gasteiger charge is -2.22. The minimum absolute atomic E-state index is 0.0133. The van der Waals surface area contributed by atoms with Crippen LogP contribution in [0.15, 0.2) is 122 Å². The summed E-state index contributed by atoms with van der Waals surface area (Å²) in [5.74, 6) is 0. The number of fused-ring (bicyclic) bond motifs is 8. The van der Waals surface area contributed by atoms with Crippen LogP contribution in [0, 0.1) is 0 Å². The van der Waals surface area contributed by atoms with E-state index < -0.39 is 0 Å². The molecular formula is C41H30S. The Morgan fingerprint density at radius 2 is 1.36 bits per heavy atom. The van der Waals surface area contributed by atoms with Crippen molar-refractivity contribution in [3.63, 3.8) is 0 Å². The molecule has 1 heterocycles. The lowest BCUT2D eigenvalue weighted by Crippen LogP contribution is -2.22. The molecule has 0 amide bonds. The Bertz CT molecular complexity index is 2360. The summed E-state index contributed by atoms with van der Waals surface area (Å²) < 4.78 is 2.63. The number of allylic oxidation sites excluding steroid dienone is 1. The number of benzene rings is 6.